The Morgan fingerprint density at radius 2 is 1.96 bits per heavy atom. The summed E-state index contributed by atoms with van der Waals surface area (Å²) in [6.45, 7) is 1.79. The lowest BCUT2D eigenvalue weighted by Gasteiger charge is -2.09. The average Bonchev–Trinajstić information content (AvgIpc) is 2.57. The quantitative estimate of drug-likeness (QED) is 0.828. The summed E-state index contributed by atoms with van der Waals surface area (Å²) in [7, 11) is -3.67. The van der Waals surface area contributed by atoms with Crippen LogP contribution in [0.4, 0.5) is 0 Å². The molecule has 1 N–H and O–H groups in total. The van der Waals surface area contributed by atoms with Crippen LogP contribution in [0.15, 0.2) is 53.6 Å². The fraction of sp³-hybridized carbons (Fsp3) is 0.235. The molecular weight excluding hydrogens is 326 g/mol. The molecule has 0 amide bonds. The molecule has 1 heterocycles. The second-order valence-electron chi connectivity index (χ2n) is 5.24. The average molecular weight is 343 g/mol. The van der Waals surface area contributed by atoms with Crippen LogP contribution in [0.1, 0.15) is 23.6 Å². The van der Waals surface area contributed by atoms with E-state index >= 15 is 0 Å². The van der Waals surface area contributed by atoms with Gasteiger partial charge in [-0.2, -0.15) is 5.26 Å². The van der Waals surface area contributed by atoms with E-state index in [1.165, 1.54) is 18.3 Å². The Kier molecular flexibility index (Phi) is 5.79. The second kappa shape index (κ2) is 7.81. The summed E-state index contributed by atoms with van der Waals surface area (Å²) in [5, 5.41) is 9.16. The van der Waals surface area contributed by atoms with Crippen molar-refractivity contribution in [2.75, 3.05) is 6.54 Å². The van der Waals surface area contributed by atoms with Gasteiger partial charge in [0.15, 0.2) is 5.78 Å². The van der Waals surface area contributed by atoms with Crippen molar-refractivity contribution in [2.24, 2.45) is 0 Å². The van der Waals surface area contributed by atoms with E-state index in [1.54, 1.807) is 30.3 Å². The molecule has 0 spiro atoms. The Balaban J connectivity index is 1.97. The van der Waals surface area contributed by atoms with Crippen LogP contribution in [0.3, 0.4) is 0 Å². The lowest BCUT2D eigenvalue weighted by Crippen LogP contribution is -2.27. The highest BCUT2D eigenvalue weighted by Gasteiger charge is 2.22. The number of ketones is 1. The maximum absolute atomic E-state index is 12.1. The molecule has 0 aliphatic heterocycles. The summed E-state index contributed by atoms with van der Waals surface area (Å²) in [6.07, 6.45) is 1.42. The maximum atomic E-state index is 12.1. The zero-order chi connectivity index (χ0) is 17.6. The van der Waals surface area contributed by atoms with E-state index in [-0.39, 0.29) is 23.6 Å². The number of Topliss-reactive ketones (excluding diaryl/α,β-unsaturated/α-hetero) is 1. The standard InChI is InChI=1S/C17H17N3O3S/c1-13-5-7-14(8-6-13)24(22,23)20-11-9-17(21)15(12-18)16-4-2-3-10-19-16/h2-8,10,15,20H,9,11H2,1H3. The van der Waals surface area contributed by atoms with Crippen molar-refractivity contribution < 1.29 is 13.2 Å². The van der Waals surface area contributed by atoms with E-state index in [2.05, 4.69) is 9.71 Å². The first-order valence-electron chi connectivity index (χ1n) is 7.33. The minimum atomic E-state index is -3.67. The summed E-state index contributed by atoms with van der Waals surface area (Å²) in [5.41, 5.74) is 1.32. The maximum Gasteiger partial charge on any atom is 0.240 e. The van der Waals surface area contributed by atoms with E-state index in [0.717, 1.165) is 5.56 Å². The van der Waals surface area contributed by atoms with Crippen LogP contribution < -0.4 is 4.72 Å². The molecule has 0 fully saturated rings. The number of aromatic nitrogens is 1. The van der Waals surface area contributed by atoms with Crippen molar-refractivity contribution in [2.45, 2.75) is 24.2 Å². The lowest BCUT2D eigenvalue weighted by molar-refractivity contribution is -0.119. The number of hydrogen-bond donors (Lipinski definition) is 1. The second-order valence-corrected chi connectivity index (χ2v) is 7.01. The van der Waals surface area contributed by atoms with Crippen LogP contribution in [0.5, 0.6) is 0 Å². The zero-order valence-corrected chi connectivity index (χ0v) is 14.0. The molecule has 0 radical (unpaired) electrons. The molecule has 6 nitrogen and oxygen atoms in total. The van der Waals surface area contributed by atoms with Gasteiger partial charge in [0.1, 0.15) is 5.92 Å². The number of carbonyl (C=O) groups excluding carboxylic acids is 1. The summed E-state index contributed by atoms with van der Waals surface area (Å²) < 4.78 is 26.6. The molecule has 24 heavy (non-hydrogen) atoms. The van der Waals surface area contributed by atoms with Gasteiger partial charge in [-0.25, -0.2) is 13.1 Å². The Morgan fingerprint density at radius 1 is 1.25 bits per heavy atom. The first kappa shape index (κ1) is 17.8. The van der Waals surface area contributed by atoms with E-state index < -0.39 is 15.9 Å². The van der Waals surface area contributed by atoms with Gasteiger partial charge in [0, 0.05) is 19.2 Å². The molecule has 0 bridgehead atoms. The lowest BCUT2D eigenvalue weighted by atomic mass is 9.99. The Morgan fingerprint density at radius 3 is 2.54 bits per heavy atom. The van der Waals surface area contributed by atoms with Gasteiger partial charge in [-0.3, -0.25) is 9.78 Å². The molecule has 0 saturated heterocycles. The molecule has 124 valence electrons. The summed E-state index contributed by atoms with van der Waals surface area (Å²) in [4.78, 5) is 16.3. The molecule has 7 heteroatoms. The van der Waals surface area contributed by atoms with Gasteiger partial charge in [0.2, 0.25) is 10.0 Å². The van der Waals surface area contributed by atoms with Gasteiger partial charge in [-0.1, -0.05) is 23.8 Å². The van der Waals surface area contributed by atoms with Crippen molar-refractivity contribution in [1.82, 2.24) is 9.71 Å². The van der Waals surface area contributed by atoms with Gasteiger partial charge >= 0.3 is 0 Å². The zero-order valence-electron chi connectivity index (χ0n) is 13.1. The molecule has 2 rings (SSSR count). The van der Waals surface area contributed by atoms with E-state index in [9.17, 15) is 13.2 Å². The summed E-state index contributed by atoms with van der Waals surface area (Å²) in [6, 6.07) is 13.3. The minimum absolute atomic E-state index is 0.0694. The van der Waals surface area contributed by atoms with Crippen LogP contribution in [0.2, 0.25) is 0 Å². The number of rotatable bonds is 7. The molecule has 2 aromatic rings. The highest BCUT2D eigenvalue weighted by atomic mass is 32.2. The van der Waals surface area contributed by atoms with Crippen molar-refractivity contribution in [3.63, 3.8) is 0 Å². The molecule has 0 saturated carbocycles. The minimum Gasteiger partial charge on any atom is -0.298 e. The molecule has 1 atom stereocenters. The predicted molar refractivity (Wildman–Crippen MR) is 88.6 cm³/mol. The van der Waals surface area contributed by atoms with Gasteiger partial charge < -0.3 is 0 Å². The first-order valence-corrected chi connectivity index (χ1v) is 8.82. The monoisotopic (exact) mass is 343 g/mol. The highest BCUT2D eigenvalue weighted by molar-refractivity contribution is 7.89. The number of nitriles is 1. The Hall–Kier alpha value is -2.56. The van der Waals surface area contributed by atoms with Gasteiger partial charge in [-0.05, 0) is 31.2 Å². The van der Waals surface area contributed by atoms with Crippen molar-refractivity contribution in [3.05, 3.63) is 59.9 Å². The third kappa shape index (κ3) is 4.47. The SMILES string of the molecule is Cc1ccc(S(=O)(=O)NCCC(=O)C(C#N)c2ccccn2)cc1. The molecular formula is C17H17N3O3S. The Bertz CT molecular complexity index is 841. The Labute approximate surface area is 141 Å². The van der Waals surface area contributed by atoms with Crippen LogP contribution in [0.25, 0.3) is 0 Å². The van der Waals surface area contributed by atoms with Crippen LogP contribution in [-0.2, 0) is 14.8 Å². The predicted octanol–water partition coefficient (Wildman–Crippen LogP) is 1.93. The normalized spacial score (nSPS) is 12.3. The third-order valence-corrected chi connectivity index (χ3v) is 4.91. The molecule has 1 aromatic heterocycles. The number of aryl methyl sites for hydroxylation is 1. The van der Waals surface area contributed by atoms with Crippen molar-refractivity contribution in [1.29, 1.82) is 5.26 Å². The number of pyridine rings is 1. The van der Waals surface area contributed by atoms with Gasteiger partial charge in [0.25, 0.3) is 0 Å². The number of sulfonamides is 1. The summed E-state index contributed by atoms with van der Waals surface area (Å²) in [5.74, 6) is -1.36. The smallest absolute Gasteiger partial charge is 0.240 e. The van der Waals surface area contributed by atoms with Crippen molar-refractivity contribution >= 4 is 15.8 Å². The number of carbonyl (C=O) groups is 1. The van der Waals surface area contributed by atoms with E-state index in [4.69, 9.17) is 5.26 Å². The number of nitrogens with one attached hydrogen (secondary N) is 1. The molecule has 0 aliphatic rings. The topological polar surface area (TPSA) is 99.9 Å². The largest absolute Gasteiger partial charge is 0.298 e. The number of nitrogens with zero attached hydrogens (tertiary/aromatic N) is 2. The number of benzene rings is 1. The van der Waals surface area contributed by atoms with Crippen molar-refractivity contribution in [3.8, 4) is 6.07 Å². The van der Waals surface area contributed by atoms with Crippen LogP contribution in [-0.4, -0.2) is 25.7 Å². The third-order valence-electron chi connectivity index (χ3n) is 3.43. The fourth-order valence-corrected chi connectivity index (χ4v) is 3.14. The van der Waals surface area contributed by atoms with E-state index in [1.807, 2.05) is 13.0 Å². The van der Waals surface area contributed by atoms with Crippen LogP contribution in [0, 0.1) is 18.3 Å². The van der Waals surface area contributed by atoms with Gasteiger partial charge in [0.05, 0.1) is 16.7 Å². The summed E-state index contributed by atoms with van der Waals surface area (Å²) >= 11 is 0. The van der Waals surface area contributed by atoms with E-state index in [0.29, 0.717) is 5.69 Å². The number of hydrogen-bond acceptors (Lipinski definition) is 5. The van der Waals surface area contributed by atoms with Gasteiger partial charge in [-0.15, -0.1) is 0 Å². The molecule has 0 aliphatic carbocycles. The fourth-order valence-electron chi connectivity index (χ4n) is 2.10. The molecule has 1 unspecified atom stereocenters. The highest BCUT2D eigenvalue weighted by Crippen LogP contribution is 2.15. The molecule has 1 aromatic carbocycles. The first-order chi connectivity index (χ1) is 11.4. The van der Waals surface area contributed by atoms with Crippen LogP contribution >= 0.6 is 0 Å².